The van der Waals surface area contributed by atoms with E-state index in [1.165, 1.54) is 5.56 Å². The van der Waals surface area contributed by atoms with Crippen molar-refractivity contribution < 1.29 is 19.2 Å². The van der Waals surface area contributed by atoms with Crippen LogP contribution in [-0.4, -0.2) is 34.9 Å². The van der Waals surface area contributed by atoms with Crippen molar-refractivity contribution in [2.75, 3.05) is 11.4 Å². The molecule has 3 amide bonds. The van der Waals surface area contributed by atoms with Crippen LogP contribution < -0.4 is 4.90 Å². The van der Waals surface area contributed by atoms with Crippen LogP contribution in [0.4, 0.5) is 5.69 Å². The number of amides is 3. The fourth-order valence-electron chi connectivity index (χ4n) is 6.36. The zero-order valence-electron chi connectivity index (χ0n) is 24.0. The van der Waals surface area contributed by atoms with E-state index < -0.39 is 17.7 Å². The maximum atomic E-state index is 14.0. The Morgan fingerprint density at radius 3 is 1.91 bits per heavy atom. The van der Waals surface area contributed by atoms with Crippen molar-refractivity contribution in [3.05, 3.63) is 137 Å². The molecule has 2 heterocycles. The van der Waals surface area contributed by atoms with Crippen molar-refractivity contribution in [2.45, 2.75) is 38.6 Å². The second kappa shape index (κ2) is 12.6. The van der Waals surface area contributed by atoms with E-state index in [1.54, 1.807) is 24.3 Å². The van der Waals surface area contributed by atoms with E-state index in [0.717, 1.165) is 34.6 Å². The minimum absolute atomic E-state index is 0.0304. The SMILES string of the molecule is O=C(CN1C(=O)c2ccccc2C1=O)C1Cc2ccccc2N(Cc2ccccc2)C(=O)CC(CCc2ccccc2)C1. The molecule has 2 atom stereocenters. The molecule has 0 aromatic heterocycles. The Labute approximate surface area is 252 Å². The number of fused-ring (bicyclic) bond motifs is 2. The van der Waals surface area contributed by atoms with Crippen LogP contribution in [0.5, 0.6) is 0 Å². The Kier molecular flexibility index (Phi) is 8.27. The number of carbonyl (C=O) groups excluding carboxylic acids is 4. The number of hydrogen-bond donors (Lipinski definition) is 0. The standard InChI is InChI=1S/C37H34N2O4/c40-34(25-39-36(42)31-16-8-9-17-32(31)37(39)43)30-21-28(20-19-26-11-3-1-4-12-26)22-35(41)38(24-27-13-5-2-6-14-27)33-18-10-7-15-29(33)23-30/h1-18,28,30H,19-25H2. The molecule has 0 saturated heterocycles. The van der Waals surface area contributed by atoms with Crippen molar-refractivity contribution in [3.8, 4) is 0 Å². The first-order chi connectivity index (χ1) is 21.0. The van der Waals surface area contributed by atoms with Crippen LogP contribution in [0.15, 0.2) is 109 Å². The molecular formula is C37H34N2O4. The van der Waals surface area contributed by atoms with Crippen molar-refractivity contribution in [2.24, 2.45) is 11.8 Å². The van der Waals surface area contributed by atoms with Crippen molar-refractivity contribution in [3.63, 3.8) is 0 Å². The Morgan fingerprint density at radius 2 is 1.23 bits per heavy atom. The van der Waals surface area contributed by atoms with Crippen LogP contribution in [0.2, 0.25) is 0 Å². The fourth-order valence-corrected chi connectivity index (χ4v) is 6.36. The molecule has 2 aliphatic heterocycles. The summed E-state index contributed by atoms with van der Waals surface area (Å²) in [5.41, 5.74) is 4.61. The summed E-state index contributed by atoms with van der Waals surface area (Å²) in [7, 11) is 0. The van der Waals surface area contributed by atoms with Gasteiger partial charge in [0.2, 0.25) is 5.91 Å². The second-order valence-corrected chi connectivity index (χ2v) is 11.5. The number of rotatable bonds is 8. The summed E-state index contributed by atoms with van der Waals surface area (Å²) in [6.07, 6.45) is 2.79. The van der Waals surface area contributed by atoms with E-state index in [9.17, 15) is 19.2 Å². The summed E-state index contributed by atoms with van der Waals surface area (Å²) in [5.74, 6) is -1.47. The molecule has 6 heteroatoms. The van der Waals surface area contributed by atoms with Crippen LogP contribution >= 0.6 is 0 Å². The highest BCUT2D eigenvalue weighted by atomic mass is 16.2. The van der Waals surface area contributed by atoms with Gasteiger partial charge in [0.25, 0.3) is 11.8 Å². The molecule has 0 radical (unpaired) electrons. The lowest BCUT2D eigenvalue weighted by Gasteiger charge is -2.26. The average molecular weight is 571 g/mol. The molecule has 2 unspecified atom stereocenters. The summed E-state index contributed by atoms with van der Waals surface area (Å²) in [6.45, 7) is 0.169. The number of benzene rings is 4. The third-order valence-electron chi connectivity index (χ3n) is 8.65. The molecule has 216 valence electrons. The molecule has 0 aliphatic carbocycles. The van der Waals surface area contributed by atoms with Crippen LogP contribution in [0.3, 0.4) is 0 Å². The van der Waals surface area contributed by atoms with E-state index >= 15 is 0 Å². The third kappa shape index (κ3) is 6.19. The van der Waals surface area contributed by atoms with Gasteiger partial charge in [-0.05, 0) is 66.5 Å². The zero-order valence-corrected chi connectivity index (χ0v) is 24.0. The van der Waals surface area contributed by atoms with E-state index in [2.05, 4.69) is 12.1 Å². The lowest BCUT2D eigenvalue weighted by Crippen LogP contribution is -2.38. The van der Waals surface area contributed by atoms with Crippen LogP contribution in [0.1, 0.15) is 56.7 Å². The van der Waals surface area contributed by atoms with Gasteiger partial charge in [0.15, 0.2) is 5.78 Å². The Hall–Kier alpha value is -4.84. The molecule has 0 N–H and O–H groups in total. The lowest BCUT2D eigenvalue weighted by molar-refractivity contribution is -0.124. The van der Waals surface area contributed by atoms with Crippen molar-refractivity contribution >= 4 is 29.2 Å². The van der Waals surface area contributed by atoms with Gasteiger partial charge in [-0.25, -0.2) is 0 Å². The van der Waals surface area contributed by atoms with Gasteiger partial charge >= 0.3 is 0 Å². The largest absolute Gasteiger partial charge is 0.308 e. The quantitative estimate of drug-likeness (QED) is 0.234. The second-order valence-electron chi connectivity index (χ2n) is 11.5. The number of anilines is 1. The third-order valence-corrected chi connectivity index (χ3v) is 8.65. The van der Waals surface area contributed by atoms with Gasteiger partial charge in [0.1, 0.15) is 0 Å². The Morgan fingerprint density at radius 1 is 0.651 bits per heavy atom. The Bertz CT molecular complexity index is 1610. The van der Waals surface area contributed by atoms with Gasteiger partial charge in [0.05, 0.1) is 24.2 Å². The molecule has 2 aliphatic rings. The molecule has 0 fully saturated rings. The topological polar surface area (TPSA) is 74.8 Å². The van der Waals surface area contributed by atoms with Crippen LogP contribution in [-0.2, 0) is 29.0 Å². The zero-order chi connectivity index (χ0) is 29.8. The van der Waals surface area contributed by atoms with Crippen molar-refractivity contribution in [1.82, 2.24) is 4.90 Å². The maximum absolute atomic E-state index is 14.0. The molecule has 43 heavy (non-hydrogen) atoms. The monoisotopic (exact) mass is 570 g/mol. The van der Waals surface area contributed by atoms with E-state index in [4.69, 9.17) is 0 Å². The van der Waals surface area contributed by atoms with E-state index in [1.807, 2.05) is 77.7 Å². The Balaban J connectivity index is 1.31. The summed E-state index contributed by atoms with van der Waals surface area (Å²) in [5, 5.41) is 0. The summed E-state index contributed by atoms with van der Waals surface area (Å²) in [6, 6.07) is 34.6. The molecular weight excluding hydrogens is 536 g/mol. The predicted molar refractivity (Wildman–Crippen MR) is 166 cm³/mol. The molecule has 0 saturated carbocycles. The maximum Gasteiger partial charge on any atom is 0.261 e. The minimum atomic E-state index is -0.448. The molecule has 6 rings (SSSR count). The first-order valence-electron chi connectivity index (χ1n) is 14.9. The minimum Gasteiger partial charge on any atom is -0.308 e. The highest BCUT2D eigenvalue weighted by molar-refractivity contribution is 6.22. The number of aryl methyl sites for hydroxylation is 1. The normalized spacial score (nSPS) is 18.5. The van der Waals surface area contributed by atoms with E-state index in [-0.39, 0.29) is 24.2 Å². The smallest absolute Gasteiger partial charge is 0.261 e. The molecule has 6 nitrogen and oxygen atoms in total. The molecule has 4 aromatic carbocycles. The number of ketones is 1. The van der Waals surface area contributed by atoms with Crippen LogP contribution in [0, 0.1) is 11.8 Å². The number of carbonyl (C=O) groups is 4. The van der Waals surface area contributed by atoms with Gasteiger partial charge in [-0.1, -0.05) is 91.0 Å². The number of Topliss-reactive ketones (excluding diaryl/α,β-unsaturated/α-hetero) is 1. The highest BCUT2D eigenvalue weighted by Crippen LogP contribution is 2.34. The van der Waals surface area contributed by atoms with E-state index in [0.29, 0.717) is 36.9 Å². The predicted octanol–water partition coefficient (Wildman–Crippen LogP) is 6.29. The number of para-hydroxylation sites is 1. The lowest BCUT2D eigenvalue weighted by atomic mass is 9.82. The summed E-state index contributed by atoms with van der Waals surface area (Å²) in [4.78, 5) is 57.1. The van der Waals surface area contributed by atoms with Gasteiger partial charge in [0, 0.05) is 18.0 Å². The number of nitrogens with zero attached hydrogens (tertiary/aromatic N) is 2. The fraction of sp³-hybridized carbons (Fsp3) is 0.243. The van der Waals surface area contributed by atoms with Gasteiger partial charge < -0.3 is 4.90 Å². The average Bonchev–Trinajstić information content (AvgIpc) is 3.30. The van der Waals surface area contributed by atoms with Crippen LogP contribution in [0.25, 0.3) is 0 Å². The van der Waals surface area contributed by atoms with Crippen molar-refractivity contribution in [1.29, 1.82) is 0 Å². The molecule has 0 spiro atoms. The van der Waals surface area contributed by atoms with Gasteiger partial charge in [-0.3, -0.25) is 24.1 Å². The molecule has 0 bridgehead atoms. The summed E-state index contributed by atoms with van der Waals surface area (Å²) < 4.78 is 0. The van der Waals surface area contributed by atoms with Gasteiger partial charge in [-0.15, -0.1) is 0 Å². The first-order valence-corrected chi connectivity index (χ1v) is 14.9. The molecule has 4 aromatic rings. The number of imide groups is 1. The summed E-state index contributed by atoms with van der Waals surface area (Å²) >= 11 is 0. The van der Waals surface area contributed by atoms with Gasteiger partial charge in [-0.2, -0.15) is 0 Å². The number of hydrogen-bond acceptors (Lipinski definition) is 4. The highest BCUT2D eigenvalue weighted by Gasteiger charge is 2.38. The first kappa shape index (κ1) is 28.3.